The SMILES string of the molecule is C=CCCC/C(=C/CCC)CC=CCC. The van der Waals surface area contributed by atoms with Crippen LogP contribution in [0.4, 0.5) is 0 Å². The highest BCUT2D eigenvalue weighted by molar-refractivity contribution is 5.07. The second-order valence-corrected chi connectivity index (χ2v) is 3.92. The fraction of sp³-hybridized carbons (Fsp3) is 0.600. The van der Waals surface area contributed by atoms with Crippen molar-refractivity contribution in [1.29, 1.82) is 0 Å². The number of rotatable bonds is 9. The molecule has 0 nitrogen and oxygen atoms in total. The average Bonchev–Trinajstić information content (AvgIpc) is 2.25. The monoisotopic (exact) mass is 206 g/mol. The van der Waals surface area contributed by atoms with Gasteiger partial charge in [-0.05, 0) is 38.5 Å². The van der Waals surface area contributed by atoms with Crippen LogP contribution >= 0.6 is 0 Å². The lowest BCUT2D eigenvalue weighted by atomic mass is 10.0. The van der Waals surface area contributed by atoms with Crippen molar-refractivity contribution in [2.45, 2.75) is 58.8 Å². The number of unbranched alkanes of at least 4 members (excludes halogenated alkanes) is 2. The third-order valence-electron chi connectivity index (χ3n) is 2.41. The van der Waals surface area contributed by atoms with Gasteiger partial charge in [0, 0.05) is 0 Å². The van der Waals surface area contributed by atoms with Crippen LogP contribution in [0.1, 0.15) is 58.8 Å². The van der Waals surface area contributed by atoms with E-state index in [1.807, 2.05) is 6.08 Å². The van der Waals surface area contributed by atoms with Gasteiger partial charge in [-0.1, -0.05) is 50.1 Å². The van der Waals surface area contributed by atoms with Crippen molar-refractivity contribution in [3.63, 3.8) is 0 Å². The van der Waals surface area contributed by atoms with Crippen LogP contribution in [0.15, 0.2) is 36.5 Å². The van der Waals surface area contributed by atoms with Crippen molar-refractivity contribution in [3.8, 4) is 0 Å². The first-order valence-electron chi connectivity index (χ1n) is 6.28. The summed E-state index contributed by atoms with van der Waals surface area (Å²) in [6.07, 6.45) is 17.4. The minimum absolute atomic E-state index is 1.14. The van der Waals surface area contributed by atoms with E-state index in [1.165, 1.54) is 25.7 Å². The molecule has 86 valence electrons. The van der Waals surface area contributed by atoms with Crippen LogP contribution in [0.25, 0.3) is 0 Å². The summed E-state index contributed by atoms with van der Waals surface area (Å²) in [5.41, 5.74) is 1.60. The van der Waals surface area contributed by atoms with Crippen LogP contribution < -0.4 is 0 Å². The van der Waals surface area contributed by atoms with Crippen molar-refractivity contribution >= 4 is 0 Å². The van der Waals surface area contributed by atoms with Crippen molar-refractivity contribution in [2.24, 2.45) is 0 Å². The lowest BCUT2D eigenvalue weighted by Crippen LogP contribution is -1.83. The highest BCUT2D eigenvalue weighted by atomic mass is 14.0. The van der Waals surface area contributed by atoms with Crippen molar-refractivity contribution in [3.05, 3.63) is 36.5 Å². The average molecular weight is 206 g/mol. The minimum atomic E-state index is 1.14. The molecule has 0 unspecified atom stereocenters. The van der Waals surface area contributed by atoms with Gasteiger partial charge in [-0.2, -0.15) is 0 Å². The van der Waals surface area contributed by atoms with Gasteiger partial charge in [0.25, 0.3) is 0 Å². The molecule has 0 atom stereocenters. The highest BCUT2D eigenvalue weighted by Gasteiger charge is 1.94. The summed E-state index contributed by atoms with van der Waals surface area (Å²) in [6, 6.07) is 0. The third kappa shape index (κ3) is 9.52. The summed E-state index contributed by atoms with van der Waals surface area (Å²) in [6.45, 7) is 8.18. The Kier molecular flexibility index (Phi) is 10.7. The van der Waals surface area contributed by atoms with E-state index in [9.17, 15) is 0 Å². The Hall–Kier alpha value is -0.780. The summed E-state index contributed by atoms with van der Waals surface area (Å²) >= 11 is 0. The maximum Gasteiger partial charge on any atom is -0.0139 e. The van der Waals surface area contributed by atoms with E-state index in [0.29, 0.717) is 0 Å². The molecule has 0 aliphatic carbocycles. The molecular weight excluding hydrogens is 180 g/mol. The predicted octanol–water partition coefficient (Wildman–Crippen LogP) is 5.43. The predicted molar refractivity (Wildman–Crippen MR) is 71.1 cm³/mol. The lowest BCUT2D eigenvalue weighted by molar-refractivity contribution is 0.804. The van der Waals surface area contributed by atoms with Crippen LogP contribution in [0.3, 0.4) is 0 Å². The molecule has 0 spiro atoms. The van der Waals surface area contributed by atoms with Gasteiger partial charge in [-0.15, -0.1) is 6.58 Å². The van der Waals surface area contributed by atoms with Crippen LogP contribution in [0.2, 0.25) is 0 Å². The van der Waals surface area contributed by atoms with E-state index in [1.54, 1.807) is 5.57 Å². The van der Waals surface area contributed by atoms with Gasteiger partial charge in [0.05, 0.1) is 0 Å². The van der Waals surface area contributed by atoms with E-state index in [4.69, 9.17) is 0 Å². The quantitative estimate of drug-likeness (QED) is 0.349. The summed E-state index contributed by atoms with van der Waals surface area (Å²) in [5.74, 6) is 0. The molecule has 0 aromatic rings. The summed E-state index contributed by atoms with van der Waals surface area (Å²) < 4.78 is 0. The highest BCUT2D eigenvalue weighted by Crippen LogP contribution is 2.14. The largest absolute Gasteiger partial charge is 0.103 e. The maximum atomic E-state index is 3.76. The first-order valence-corrected chi connectivity index (χ1v) is 6.28. The molecule has 0 aliphatic rings. The zero-order valence-electron chi connectivity index (χ0n) is 10.5. The van der Waals surface area contributed by atoms with Gasteiger partial charge in [-0.25, -0.2) is 0 Å². The van der Waals surface area contributed by atoms with Crippen LogP contribution in [0.5, 0.6) is 0 Å². The Morgan fingerprint density at radius 3 is 2.53 bits per heavy atom. The Labute approximate surface area is 95.8 Å². The van der Waals surface area contributed by atoms with Gasteiger partial charge in [0.15, 0.2) is 0 Å². The number of hydrogen-bond donors (Lipinski definition) is 0. The molecular formula is C15H26. The Balaban J connectivity index is 3.94. The van der Waals surface area contributed by atoms with E-state index >= 15 is 0 Å². The summed E-state index contributed by atoms with van der Waals surface area (Å²) in [4.78, 5) is 0. The molecule has 0 aromatic heterocycles. The topological polar surface area (TPSA) is 0 Å². The zero-order chi connectivity index (χ0) is 11.4. The number of allylic oxidation sites excluding steroid dienone is 5. The molecule has 0 saturated carbocycles. The second-order valence-electron chi connectivity index (χ2n) is 3.92. The molecule has 0 aromatic carbocycles. The molecule has 0 rings (SSSR count). The van der Waals surface area contributed by atoms with E-state index < -0.39 is 0 Å². The molecule has 0 fully saturated rings. The fourth-order valence-electron chi connectivity index (χ4n) is 1.51. The first-order chi connectivity index (χ1) is 7.35. The summed E-state index contributed by atoms with van der Waals surface area (Å²) in [5, 5.41) is 0. The Bertz CT molecular complexity index is 196. The van der Waals surface area contributed by atoms with E-state index in [-0.39, 0.29) is 0 Å². The first kappa shape index (κ1) is 14.2. The Morgan fingerprint density at radius 1 is 1.13 bits per heavy atom. The summed E-state index contributed by atoms with van der Waals surface area (Å²) in [7, 11) is 0. The van der Waals surface area contributed by atoms with Gasteiger partial charge in [-0.3, -0.25) is 0 Å². The molecule has 0 bridgehead atoms. The van der Waals surface area contributed by atoms with Gasteiger partial charge in [0.2, 0.25) is 0 Å². The molecule has 0 radical (unpaired) electrons. The van der Waals surface area contributed by atoms with Crippen molar-refractivity contribution in [1.82, 2.24) is 0 Å². The molecule has 15 heavy (non-hydrogen) atoms. The molecule has 0 amide bonds. The van der Waals surface area contributed by atoms with Crippen LogP contribution in [-0.4, -0.2) is 0 Å². The standard InChI is InChI=1S/C15H26/c1-4-7-10-13-15(12-9-6-3)14-11-8-5-2/h4,8,11-12H,1,5-7,9-10,13-14H2,2-3H3/b11-8?,15-12-. The molecule has 0 N–H and O–H groups in total. The van der Waals surface area contributed by atoms with Crippen LogP contribution in [-0.2, 0) is 0 Å². The smallest absolute Gasteiger partial charge is 0.0139 e. The van der Waals surface area contributed by atoms with Gasteiger partial charge < -0.3 is 0 Å². The van der Waals surface area contributed by atoms with E-state index in [0.717, 1.165) is 19.3 Å². The normalized spacial score (nSPS) is 12.3. The zero-order valence-corrected chi connectivity index (χ0v) is 10.5. The van der Waals surface area contributed by atoms with Gasteiger partial charge >= 0.3 is 0 Å². The van der Waals surface area contributed by atoms with E-state index in [2.05, 4.69) is 38.7 Å². The molecule has 0 heterocycles. The maximum absolute atomic E-state index is 3.76. The second kappa shape index (κ2) is 11.3. The van der Waals surface area contributed by atoms with Gasteiger partial charge in [0.1, 0.15) is 0 Å². The third-order valence-corrected chi connectivity index (χ3v) is 2.41. The van der Waals surface area contributed by atoms with Crippen LogP contribution in [0, 0.1) is 0 Å². The minimum Gasteiger partial charge on any atom is -0.103 e. The fourth-order valence-corrected chi connectivity index (χ4v) is 1.51. The van der Waals surface area contributed by atoms with Crippen molar-refractivity contribution < 1.29 is 0 Å². The molecule has 0 saturated heterocycles. The van der Waals surface area contributed by atoms with Crippen molar-refractivity contribution in [2.75, 3.05) is 0 Å². The number of hydrogen-bond acceptors (Lipinski definition) is 0. The molecule has 0 aliphatic heterocycles. The lowest BCUT2D eigenvalue weighted by Gasteiger charge is -2.03. The molecule has 0 heteroatoms. The Morgan fingerprint density at radius 2 is 1.93 bits per heavy atom.